The molecule has 3 aromatic carbocycles. The van der Waals surface area contributed by atoms with Gasteiger partial charge in [-0.1, -0.05) is 77.3 Å². The summed E-state index contributed by atoms with van der Waals surface area (Å²) >= 11 is 18.8. The van der Waals surface area contributed by atoms with E-state index < -0.39 is 0 Å². The summed E-state index contributed by atoms with van der Waals surface area (Å²) in [4.78, 5) is 0. The average molecular weight is 443 g/mol. The van der Waals surface area contributed by atoms with Gasteiger partial charge in [-0.3, -0.25) is 0 Å². The summed E-state index contributed by atoms with van der Waals surface area (Å²) in [5.41, 5.74) is 7.08. The van der Waals surface area contributed by atoms with Gasteiger partial charge in [-0.05, 0) is 29.8 Å². The van der Waals surface area contributed by atoms with Gasteiger partial charge in [-0.2, -0.15) is 5.10 Å². The zero-order valence-corrected chi connectivity index (χ0v) is 17.7. The van der Waals surface area contributed by atoms with Crippen LogP contribution in [0, 0.1) is 0 Å². The number of aromatic nitrogens is 1. The quantitative estimate of drug-likeness (QED) is 0.259. The number of hydrazone groups is 1. The van der Waals surface area contributed by atoms with Crippen LogP contribution in [-0.4, -0.2) is 10.8 Å². The molecular weight excluding hydrogens is 425 g/mol. The van der Waals surface area contributed by atoms with E-state index in [4.69, 9.17) is 34.8 Å². The van der Waals surface area contributed by atoms with Gasteiger partial charge in [-0.25, -0.2) is 0 Å². The first kappa shape index (κ1) is 19.8. The van der Waals surface area contributed by atoms with E-state index in [-0.39, 0.29) is 0 Å². The van der Waals surface area contributed by atoms with Crippen LogP contribution in [0.5, 0.6) is 0 Å². The van der Waals surface area contributed by atoms with E-state index in [0.717, 1.165) is 32.6 Å². The van der Waals surface area contributed by atoms with Gasteiger partial charge in [-0.15, -0.1) is 0 Å². The molecule has 1 heterocycles. The highest BCUT2D eigenvalue weighted by molar-refractivity contribution is 6.36. The van der Waals surface area contributed by atoms with Crippen molar-refractivity contribution in [1.82, 2.24) is 9.99 Å². The molecule has 3 nitrogen and oxygen atoms in total. The highest BCUT2D eigenvalue weighted by Crippen LogP contribution is 2.25. The van der Waals surface area contributed by atoms with Crippen LogP contribution in [-0.2, 0) is 13.1 Å². The number of nitrogens with zero attached hydrogens (tertiary/aromatic N) is 2. The average Bonchev–Trinajstić information content (AvgIpc) is 3.06. The van der Waals surface area contributed by atoms with Crippen LogP contribution in [0.3, 0.4) is 0 Å². The lowest BCUT2D eigenvalue weighted by molar-refractivity contribution is 0.748. The zero-order valence-electron chi connectivity index (χ0n) is 15.4. The molecule has 0 aliphatic carbocycles. The predicted molar refractivity (Wildman–Crippen MR) is 123 cm³/mol. The van der Waals surface area contributed by atoms with Crippen molar-refractivity contribution in [1.29, 1.82) is 0 Å². The maximum atomic E-state index is 6.35. The lowest BCUT2D eigenvalue weighted by Gasteiger charge is -2.07. The van der Waals surface area contributed by atoms with Crippen LogP contribution in [0.1, 0.15) is 16.7 Å². The Morgan fingerprint density at radius 2 is 1.52 bits per heavy atom. The Morgan fingerprint density at radius 1 is 0.828 bits per heavy atom. The van der Waals surface area contributed by atoms with Gasteiger partial charge < -0.3 is 9.99 Å². The lowest BCUT2D eigenvalue weighted by atomic mass is 10.2. The summed E-state index contributed by atoms with van der Waals surface area (Å²) in [6, 6.07) is 21.6. The lowest BCUT2D eigenvalue weighted by Crippen LogP contribution is -2.06. The van der Waals surface area contributed by atoms with Gasteiger partial charge >= 0.3 is 0 Å². The maximum absolute atomic E-state index is 6.35. The van der Waals surface area contributed by atoms with Crippen LogP contribution >= 0.6 is 34.8 Å². The SMILES string of the molecule is Clc1ccccc1Cn1cc(/C=N\NCc2c(Cl)cccc2Cl)c2ccccc21. The minimum Gasteiger partial charge on any atom is -0.342 e. The monoisotopic (exact) mass is 441 g/mol. The fraction of sp³-hybridized carbons (Fsp3) is 0.0870. The van der Waals surface area contributed by atoms with Crippen molar-refractivity contribution >= 4 is 51.9 Å². The van der Waals surface area contributed by atoms with Gasteiger partial charge in [0.25, 0.3) is 0 Å². The zero-order chi connectivity index (χ0) is 20.2. The third-order valence-corrected chi connectivity index (χ3v) is 5.81. The van der Waals surface area contributed by atoms with Gasteiger partial charge in [0.2, 0.25) is 0 Å². The Balaban J connectivity index is 1.56. The molecule has 0 saturated heterocycles. The van der Waals surface area contributed by atoms with E-state index in [1.165, 1.54) is 0 Å². The predicted octanol–water partition coefficient (Wildman–Crippen LogP) is 6.77. The van der Waals surface area contributed by atoms with E-state index in [1.54, 1.807) is 0 Å². The summed E-state index contributed by atoms with van der Waals surface area (Å²) in [5, 5.41) is 7.51. The molecule has 0 saturated carbocycles. The number of para-hydroxylation sites is 1. The molecule has 146 valence electrons. The first-order chi connectivity index (χ1) is 14.1. The molecule has 0 spiro atoms. The largest absolute Gasteiger partial charge is 0.342 e. The summed E-state index contributed by atoms with van der Waals surface area (Å²) in [7, 11) is 0. The van der Waals surface area contributed by atoms with Crippen molar-refractivity contribution in [2.24, 2.45) is 5.10 Å². The number of rotatable bonds is 6. The van der Waals surface area contributed by atoms with E-state index >= 15 is 0 Å². The highest BCUT2D eigenvalue weighted by atomic mass is 35.5. The molecule has 1 aromatic heterocycles. The third kappa shape index (κ3) is 4.43. The fourth-order valence-corrected chi connectivity index (χ4v) is 3.99. The topological polar surface area (TPSA) is 29.3 Å². The Bertz CT molecular complexity index is 1160. The number of nitrogens with one attached hydrogen (secondary N) is 1. The molecule has 0 aliphatic heterocycles. The molecule has 0 radical (unpaired) electrons. The first-order valence-electron chi connectivity index (χ1n) is 9.13. The van der Waals surface area contributed by atoms with Crippen molar-refractivity contribution in [3.05, 3.63) is 105 Å². The molecule has 0 amide bonds. The molecule has 4 rings (SSSR count). The van der Waals surface area contributed by atoms with Crippen LogP contribution in [0.4, 0.5) is 0 Å². The van der Waals surface area contributed by atoms with Gasteiger partial charge in [0, 0.05) is 49.8 Å². The Kier molecular flexibility index (Phi) is 6.10. The second-order valence-corrected chi connectivity index (χ2v) is 7.84. The van der Waals surface area contributed by atoms with Crippen LogP contribution in [0.25, 0.3) is 10.9 Å². The molecule has 0 aliphatic rings. The van der Waals surface area contributed by atoms with Crippen molar-refractivity contribution in [3.63, 3.8) is 0 Å². The summed E-state index contributed by atoms with van der Waals surface area (Å²) in [5.74, 6) is 0. The molecule has 6 heteroatoms. The molecular formula is C23H18Cl3N3. The van der Waals surface area contributed by atoms with Crippen LogP contribution in [0.2, 0.25) is 15.1 Å². The van der Waals surface area contributed by atoms with E-state index in [2.05, 4.69) is 33.4 Å². The molecule has 29 heavy (non-hydrogen) atoms. The second-order valence-electron chi connectivity index (χ2n) is 6.61. The van der Waals surface area contributed by atoms with E-state index in [1.807, 2.05) is 60.8 Å². The highest BCUT2D eigenvalue weighted by Gasteiger charge is 2.09. The Labute approximate surface area is 184 Å². The standard InChI is InChI=1S/C23H18Cl3N3/c24-20-8-3-1-6-16(20)14-29-15-17(18-7-2-4-11-23(18)29)12-27-28-13-19-21(25)9-5-10-22(19)26/h1-12,15,28H,13-14H2/b27-12-. The molecule has 4 aromatic rings. The third-order valence-electron chi connectivity index (χ3n) is 4.73. The summed E-state index contributed by atoms with van der Waals surface area (Å²) in [6.07, 6.45) is 3.90. The van der Waals surface area contributed by atoms with Gasteiger partial charge in [0.05, 0.1) is 12.8 Å². The van der Waals surface area contributed by atoms with Gasteiger partial charge in [0.15, 0.2) is 0 Å². The maximum Gasteiger partial charge on any atom is 0.0609 e. The minimum atomic E-state index is 0.452. The number of benzene rings is 3. The van der Waals surface area contributed by atoms with Crippen molar-refractivity contribution in [3.8, 4) is 0 Å². The number of fused-ring (bicyclic) bond motifs is 1. The minimum absolute atomic E-state index is 0.452. The Morgan fingerprint density at radius 3 is 2.31 bits per heavy atom. The molecule has 1 N–H and O–H groups in total. The molecule has 0 unspecified atom stereocenters. The van der Waals surface area contributed by atoms with Crippen molar-refractivity contribution < 1.29 is 0 Å². The van der Waals surface area contributed by atoms with Crippen LogP contribution < -0.4 is 5.43 Å². The van der Waals surface area contributed by atoms with Gasteiger partial charge in [0.1, 0.15) is 0 Å². The first-order valence-corrected chi connectivity index (χ1v) is 10.3. The summed E-state index contributed by atoms with van der Waals surface area (Å²) in [6.45, 7) is 1.14. The van der Waals surface area contributed by atoms with Crippen LogP contribution in [0.15, 0.2) is 78.0 Å². The fourth-order valence-electron chi connectivity index (χ4n) is 3.26. The molecule has 0 bridgehead atoms. The molecule has 0 fully saturated rings. The van der Waals surface area contributed by atoms with E-state index in [9.17, 15) is 0 Å². The van der Waals surface area contributed by atoms with Crippen molar-refractivity contribution in [2.45, 2.75) is 13.1 Å². The normalized spacial score (nSPS) is 11.4. The number of halogens is 3. The smallest absolute Gasteiger partial charge is 0.0609 e. The molecule has 0 atom stereocenters. The number of hydrogen-bond donors (Lipinski definition) is 1. The summed E-state index contributed by atoms with van der Waals surface area (Å²) < 4.78 is 2.18. The second kappa shape index (κ2) is 8.91. The van der Waals surface area contributed by atoms with Crippen molar-refractivity contribution in [2.75, 3.05) is 0 Å². The Hall–Kier alpha value is -2.46. The van der Waals surface area contributed by atoms with E-state index in [0.29, 0.717) is 23.1 Å². The number of hydrogen-bond acceptors (Lipinski definition) is 2.